The lowest BCUT2D eigenvalue weighted by atomic mass is 10.1. The van der Waals surface area contributed by atoms with Gasteiger partial charge in [-0.1, -0.05) is 35.8 Å². The molecule has 1 aromatic carbocycles. The van der Waals surface area contributed by atoms with Crippen LogP contribution in [0.5, 0.6) is 0 Å². The minimum atomic E-state index is -3.40. The molecule has 2 aromatic rings. The lowest BCUT2D eigenvalue weighted by Crippen LogP contribution is -2.14. The van der Waals surface area contributed by atoms with Gasteiger partial charge in [0.05, 0.1) is 5.75 Å². The summed E-state index contributed by atoms with van der Waals surface area (Å²) >= 11 is 0. The monoisotopic (exact) mass is 322 g/mol. The van der Waals surface area contributed by atoms with Crippen LogP contribution in [0.3, 0.4) is 0 Å². The van der Waals surface area contributed by atoms with Crippen LogP contribution in [0.4, 0.5) is 0 Å². The fraction of sp³-hybridized carbons (Fsp3) is 0.500. The molecule has 0 aliphatic heterocycles. The zero-order valence-electron chi connectivity index (χ0n) is 13.5. The minimum absolute atomic E-state index is 0.0207. The second-order valence-electron chi connectivity index (χ2n) is 5.68. The highest BCUT2D eigenvalue weighted by molar-refractivity contribution is 7.90. The summed E-state index contributed by atoms with van der Waals surface area (Å²) in [5, 5.41) is 3.03. The number of hydrogen-bond donors (Lipinski definition) is 0. The molecule has 0 bridgehead atoms. The largest absolute Gasteiger partial charge is 0.338 e. The molecule has 0 aliphatic rings. The van der Waals surface area contributed by atoms with Crippen molar-refractivity contribution in [2.75, 3.05) is 0 Å². The summed E-state index contributed by atoms with van der Waals surface area (Å²) < 4.78 is 30.3. The van der Waals surface area contributed by atoms with Crippen molar-refractivity contribution >= 4 is 9.84 Å². The summed E-state index contributed by atoms with van der Waals surface area (Å²) in [6.07, 6.45) is 1.58. The first kappa shape index (κ1) is 16.7. The maximum Gasteiger partial charge on any atom is 0.244 e. The van der Waals surface area contributed by atoms with Gasteiger partial charge in [-0.25, -0.2) is 8.42 Å². The molecule has 1 aromatic heterocycles. The molecule has 0 amide bonds. The smallest absolute Gasteiger partial charge is 0.244 e. The first-order chi connectivity index (χ1) is 10.3. The molecule has 5 nitrogen and oxygen atoms in total. The molecule has 2 rings (SSSR count). The van der Waals surface area contributed by atoms with E-state index in [-0.39, 0.29) is 11.6 Å². The van der Waals surface area contributed by atoms with E-state index in [0.717, 1.165) is 23.1 Å². The molecule has 1 heterocycles. The zero-order valence-corrected chi connectivity index (χ0v) is 14.3. The summed E-state index contributed by atoms with van der Waals surface area (Å²) in [6, 6.07) is 5.83. The number of nitrogens with zero attached hydrogens (tertiary/aromatic N) is 2. The average molecular weight is 322 g/mol. The molecule has 1 atom stereocenters. The van der Waals surface area contributed by atoms with Gasteiger partial charge in [-0.3, -0.25) is 0 Å². The maximum absolute atomic E-state index is 12.6. The molecular formula is C16H22N2O3S. The van der Waals surface area contributed by atoms with Crippen LogP contribution < -0.4 is 0 Å². The Morgan fingerprint density at radius 1 is 1.27 bits per heavy atom. The Labute approximate surface area is 131 Å². The van der Waals surface area contributed by atoms with E-state index in [9.17, 15) is 8.42 Å². The zero-order chi connectivity index (χ0) is 16.3. The summed E-state index contributed by atoms with van der Waals surface area (Å²) in [7, 11) is -3.40. The van der Waals surface area contributed by atoms with Crippen molar-refractivity contribution in [3.63, 3.8) is 0 Å². The number of hydrogen-bond acceptors (Lipinski definition) is 5. The second-order valence-corrected chi connectivity index (χ2v) is 8.00. The van der Waals surface area contributed by atoms with Gasteiger partial charge in [-0.2, -0.15) is 4.98 Å². The van der Waals surface area contributed by atoms with Crippen molar-refractivity contribution in [2.24, 2.45) is 0 Å². The molecule has 0 N–H and O–H groups in total. The topological polar surface area (TPSA) is 73.1 Å². The molecule has 0 unspecified atom stereocenters. The Morgan fingerprint density at radius 2 is 2.00 bits per heavy atom. The van der Waals surface area contributed by atoms with Crippen molar-refractivity contribution in [1.82, 2.24) is 10.1 Å². The molecule has 120 valence electrons. The van der Waals surface area contributed by atoms with Crippen molar-refractivity contribution < 1.29 is 12.9 Å². The van der Waals surface area contributed by atoms with Gasteiger partial charge >= 0.3 is 0 Å². The van der Waals surface area contributed by atoms with Gasteiger partial charge in [0, 0.05) is 6.42 Å². The van der Waals surface area contributed by atoms with E-state index in [1.807, 2.05) is 39.0 Å². The SMILES string of the molecule is CCCc1noc([C@H](C)S(=O)(=O)Cc2cc(C)ccc2C)n1. The van der Waals surface area contributed by atoms with Crippen molar-refractivity contribution in [1.29, 1.82) is 0 Å². The van der Waals surface area contributed by atoms with Crippen LogP contribution in [0.2, 0.25) is 0 Å². The van der Waals surface area contributed by atoms with E-state index in [1.165, 1.54) is 0 Å². The third-order valence-corrected chi connectivity index (χ3v) is 5.70. The standard InChI is InChI=1S/C16H22N2O3S/c1-5-6-15-17-16(21-18-15)13(4)22(19,20)10-14-9-11(2)7-8-12(14)3/h7-9,13H,5-6,10H2,1-4H3/t13-/m0/s1. The molecule has 0 radical (unpaired) electrons. The quantitative estimate of drug-likeness (QED) is 0.815. The van der Waals surface area contributed by atoms with E-state index in [4.69, 9.17) is 4.52 Å². The Morgan fingerprint density at radius 3 is 2.68 bits per heavy atom. The highest BCUT2D eigenvalue weighted by atomic mass is 32.2. The molecular weight excluding hydrogens is 300 g/mol. The Hall–Kier alpha value is -1.69. The normalized spacial score (nSPS) is 13.3. The third kappa shape index (κ3) is 3.74. The first-order valence-corrected chi connectivity index (χ1v) is 9.15. The first-order valence-electron chi connectivity index (χ1n) is 7.43. The molecule has 0 fully saturated rings. The third-order valence-electron chi connectivity index (χ3n) is 3.71. The van der Waals surface area contributed by atoms with Crippen LogP contribution in [0, 0.1) is 13.8 Å². The van der Waals surface area contributed by atoms with Gasteiger partial charge in [-0.05, 0) is 38.3 Å². The van der Waals surface area contributed by atoms with E-state index in [0.29, 0.717) is 12.2 Å². The van der Waals surface area contributed by atoms with Crippen molar-refractivity contribution in [2.45, 2.75) is 51.5 Å². The van der Waals surface area contributed by atoms with Crippen LogP contribution in [0.1, 0.15) is 53.9 Å². The fourth-order valence-electron chi connectivity index (χ4n) is 2.21. The molecule has 0 saturated heterocycles. The highest BCUT2D eigenvalue weighted by Crippen LogP contribution is 2.25. The number of rotatable bonds is 6. The van der Waals surface area contributed by atoms with Crippen molar-refractivity contribution in [3.8, 4) is 0 Å². The van der Waals surface area contributed by atoms with Crippen LogP contribution in [0.25, 0.3) is 0 Å². The number of aromatic nitrogens is 2. The second kappa shape index (κ2) is 6.60. The predicted octanol–water partition coefficient (Wildman–Crippen LogP) is 3.31. The summed E-state index contributed by atoms with van der Waals surface area (Å²) in [6.45, 7) is 7.48. The van der Waals surface area contributed by atoms with Gasteiger partial charge in [0.1, 0.15) is 5.25 Å². The van der Waals surface area contributed by atoms with Crippen LogP contribution in [-0.4, -0.2) is 18.6 Å². The Balaban J connectivity index is 2.23. The number of benzene rings is 1. The lowest BCUT2D eigenvalue weighted by molar-refractivity contribution is 0.371. The highest BCUT2D eigenvalue weighted by Gasteiger charge is 2.28. The van der Waals surface area contributed by atoms with Crippen LogP contribution in [0.15, 0.2) is 22.7 Å². The summed E-state index contributed by atoms with van der Waals surface area (Å²) in [5.74, 6) is 0.715. The minimum Gasteiger partial charge on any atom is -0.338 e. The van der Waals surface area contributed by atoms with Gasteiger partial charge < -0.3 is 4.52 Å². The average Bonchev–Trinajstić information content (AvgIpc) is 2.90. The van der Waals surface area contributed by atoms with Crippen LogP contribution in [-0.2, 0) is 22.0 Å². The number of sulfone groups is 1. The maximum atomic E-state index is 12.6. The summed E-state index contributed by atoms with van der Waals surface area (Å²) in [4.78, 5) is 4.19. The Bertz CT molecular complexity index is 751. The van der Waals surface area contributed by atoms with E-state index in [1.54, 1.807) is 6.92 Å². The molecule has 0 saturated carbocycles. The molecule has 6 heteroatoms. The lowest BCUT2D eigenvalue weighted by Gasteiger charge is -2.11. The van der Waals surface area contributed by atoms with Gasteiger partial charge in [-0.15, -0.1) is 0 Å². The molecule has 0 spiro atoms. The molecule has 22 heavy (non-hydrogen) atoms. The van der Waals surface area contributed by atoms with Gasteiger partial charge in [0.15, 0.2) is 15.7 Å². The van der Waals surface area contributed by atoms with E-state index in [2.05, 4.69) is 10.1 Å². The Kier molecular flexibility index (Phi) is 5.01. The fourth-order valence-corrected chi connectivity index (χ4v) is 3.61. The number of aryl methyl sites for hydroxylation is 3. The summed E-state index contributed by atoms with van der Waals surface area (Å²) in [5.41, 5.74) is 2.84. The predicted molar refractivity (Wildman–Crippen MR) is 85.2 cm³/mol. The van der Waals surface area contributed by atoms with Gasteiger partial charge in [0.25, 0.3) is 0 Å². The van der Waals surface area contributed by atoms with E-state index < -0.39 is 15.1 Å². The van der Waals surface area contributed by atoms with Crippen LogP contribution >= 0.6 is 0 Å². The molecule has 0 aliphatic carbocycles. The van der Waals surface area contributed by atoms with E-state index >= 15 is 0 Å². The van der Waals surface area contributed by atoms with Gasteiger partial charge in [0.2, 0.25) is 5.89 Å². The van der Waals surface area contributed by atoms with Crippen molar-refractivity contribution in [3.05, 3.63) is 46.6 Å².